The Kier molecular flexibility index (Phi) is 4.91. The van der Waals surface area contributed by atoms with Crippen LogP contribution in [0.4, 0.5) is 5.69 Å². The van der Waals surface area contributed by atoms with E-state index in [-0.39, 0.29) is 5.91 Å². The number of ether oxygens (including phenoxy) is 2. The molecule has 3 aromatic carbocycles. The van der Waals surface area contributed by atoms with Crippen LogP contribution in [0.5, 0.6) is 11.5 Å². The monoisotopic (exact) mass is 388 g/mol. The van der Waals surface area contributed by atoms with E-state index in [2.05, 4.69) is 10.3 Å². The summed E-state index contributed by atoms with van der Waals surface area (Å²) in [5.74, 6) is 1.11. The summed E-state index contributed by atoms with van der Waals surface area (Å²) >= 11 is 0. The molecular formula is C23H20N2O4. The quantitative estimate of drug-likeness (QED) is 0.516. The number of rotatable bonds is 5. The van der Waals surface area contributed by atoms with Crippen LogP contribution in [0.3, 0.4) is 0 Å². The van der Waals surface area contributed by atoms with Crippen molar-refractivity contribution in [3.63, 3.8) is 0 Å². The summed E-state index contributed by atoms with van der Waals surface area (Å²) in [4.78, 5) is 17.3. The van der Waals surface area contributed by atoms with Crippen molar-refractivity contribution in [1.29, 1.82) is 0 Å². The number of hydrogen-bond acceptors (Lipinski definition) is 5. The molecule has 0 fully saturated rings. The van der Waals surface area contributed by atoms with Crippen molar-refractivity contribution in [2.24, 2.45) is 0 Å². The molecule has 0 atom stereocenters. The summed E-state index contributed by atoms with van der Waals surface area (Å²) in [6.07, 6.45) is 0. The predicted octanol–water partition coefficient (Wildman–Crippen LogP) is 5.07. The van der Waals surface area contributed by atoms with E-state index in [1.807, 2.05) is 37.3 Å². The van der Waals surface area contributed by atoms with E-state index in [9.17, 15) is 4.79 Å². The van der Waals surface area contributed by atoms with Gasteiger partial charge in [-0.3, -0.25) is 4.79 Å². The third-order valence-electron chi connectivity index (χ3n) is 4.59. The molecule has 29 heavy (non-hydrogen) atoms. The number of oxazole rings is 1. The van der Waals surface area contributed by atoms with Crippen LogP contribution in [0.25, 0.3) is 22.6 Å². The van der Waals surface area contributed by atoms with Crippen LogP contribution in [0.2, 0.25) is 0 Å². The van der Waals surface area contributed by atoms with Gasteiger partial charge in [-0.25, -0.2) is 4.98 Å². The van der Waals surface area contributed by atoms with E-state index in [0.717, 1.165) is 22.2 Å². The third-order valence-corrected chi connectivity index (χ3v) is 4.59. The van der Waals surface area contributed by atoms with Gasteiger partial charge in [-0.15, -0.1) is 0 Å². The van der Waals surface area contributed by atoms with Crippen molar-refractivity contribution in [3.8, 4) is 23.0 Å². The molecule has 6 heteroatoms. The summed E-state index contributed by atoms with van der Waals surface area (Å²) in [6.45, 7) is 2.02. The summed E-state index contributed by atoms with van der Waals surface area (Å²) in [5.41, 5.74) is 4.50. The number of carbonyl (C=O) groups is 1. The van der Waals surface area contributed by atoms with Crippen LogP contribution >= 0.6 is 0 Å². The van der Waals surface area contributed by atoms with Gasteiger partial charge in [-0.05, 0) is 61.0 Å². The average molecular weight is 388 g/mol. The fourth-order valence-electron chi connectivity index (χ4n) is 3.13. The number of anilines is 1. The summed E-state index contributed by atoms with van der Waals surface area (Å²) in [7, 11) is 3.03. The Morgan fingerprint density at radius 2 is 1.66 bits per heavy atom. The van der Waals surface area contributed by atoms with E-state index in [4.69, 9.17) is 13.9 Å². The van der Waals surface area contributed by atoms with Gasteiger partial charge in [-0.1, -0.05) is 12.1 Å². The maximum absolute atomic E-state index is 12.8. The maximum atomic E-state index is 12.8. The molecular weight excluding hydrogens is 368 g/mol. The molecule has 1 amide bonds. The smallest absolute Gasteiger partial charge is 0.263 e. The van der Waals surface area contributed by atoms with Gasteiger partial charge in [0.25, 0.3) is 5.91 Å². The van der Waals surface area contributed by atoms with E-state index < -0.39 is 0 Å². The number of methoxy groups -OCH3 is 2. The lowest BCUT2D eigenvalue weighted by atomic mass is 10.1. The lowest BCUT2D eigenvalue weighted by molar-refractivity contribution is 0.102. The second kappa shape index (κ2) is 7.67. The van der Waals surface area contributed by atoms with E-state index >= 15 is 0 Å². The van der Waals surface area contributed by atoms with Crippen LogP contribution in [0, 0.1) is 6.92 Å². The van der Waals surface area contributed by atoms with Crippen molar-refractivity contribution in [1.82, 2.24) is 4.98 Å². The molecule has 0 saturated carbocycles. The Morgan fingerprint density at radius 3 is 2.31 bits per heavy atom. The maximum Gasteiger partial charge on any atom is 0.263 e. The molecule has 0 aliphatic carbocycles. The second-order valence-corrected chi connectivity index (χ2v) is 6.56. The normalized spacial score (nSPS) is 10.7. The minimum atomic E-state index is -0.315. The molecule has 146 valence electrons. The zero-order chi connectivity index (χ0) is 20.4. The molecule has 0 unspecified atom stereocenters. The van der Waals surface area contributed by atoms with Gasteiger partial charge < -0.3 is 19.2 Å². The van der Waals surface area contributed by atoms with Crippen LogP contribution in [-0.2, 0) is 0 Å². The van der Waals surface area contributed by atoms with E-state index in [1.54, 1.807) is 30.3 Å². The molecule has 0 aliphatic heterocycles. The number of aryl methyl sites for hydroxylation is 1. The van der Waals surface area contributed by atoms with Gasteiger partial charge in [0, 0.05) is 11.3 Å². The molecule has 1 N–H and O–H groups in total. The SMILES string of the molecule is COc1cccc(OC)c1C(=O)Nc1ccc(-c2nc3cc(C)ccc3o2)cc1. The number of aromatic nitrogens is 1. The van der Waals surface area contributed by atoms with Gasteiger partial charge in [0.15, 0.2) is 5.58 Å². The zero-order valence-electron chi connectivity index (χ0n) is 16.4. The fourth-order valence-corrected chi connectivity index (χ4v) is 3.13. The van der Waals surface area contributed by atoms with Gasteiger partial charge in [0.1, 0.15) is 22.6 Å². The van der Waals surface area contributed by atoms with Crippen molar-refractivity contribution in [2.75, 3.05) is 19.5 Å². The van der Waals surface area contributed by atoms with Gasteiger partial charge in [0.05, 0.1) is 14.2 Å². The average Bonchev–Trinajstić information content (AvgIpc) is 3.16. The number of benzene rings is 3. The molecule has 4 rings (SSSR count). The predicted molar refractivity (Wildman–Crippen MR) is 112 cm³/mol. The first-order chi connectivity index (χ1) is 14.1. The first-order valence-corrected chi connectivity index (χ1v) is 9.09. The Labute approximate surface area is 168 Å². The highest BCUT2D eigenvalue weighted by Gasteiger charge is 2.18. The molecule has 0 spiro atoms. The Bertz CT molecular complexity index is 1160. The number of amides is 1. The van der Waals surface area contributed by atoms with Crippen LogP contribution in [-0.4, -0.2) is 25.1 Å². The largest absolute Gasteiger partial charge is 0.496 e. The summed E-state index contributed by atoms with van der Waals surface area (Å²) < 4.78 is 16.4. The van der Waals surface area contributed by atoms with E-state index in [1.165, 1.54) is 14.2 Å². The second-order valence-electron chi connectivity index (χ2n) is 6.56. The molecule has 0 saturated heterocycles. The van der Waals surface area contributed by atoms with Crippen LogP contribution < -0.4 is 14.8 Å². The van der Waals surface area contributed by atoms with Gasteiger partial charge in [0.2, 0.25) is 5.89 Å². The highest BCUT2D eigenvalue weighted by molar-refractivity contribution is 6.08. The van der Waals surface area contributed by atoms with Crippen molar-refractivity contribution in [3.05, 3.63) is 71.8 Å². The first kappa shape index (κ1) is 18.6. The highest BCUT2D eigenvalue weighted by Crippen LogP contribution is 2.30. The van der Waals surface area contributed by atoms with Gasteiger partial charge in [-0.2, -0.15) is 0 Å². The number of nitrogens with one attached hydrogen (secondary N) is 1. The molecule has 0 aliphatic rings. The standard InChI is InChI=1S/C23H20N2O4/c1-14-7-12-18-17(13-14)25-23(29-18)15-8-10-16(11-9-15)24-22(26)21-19(27-2)5-4-6-20(21)28-3/h4-13H,1-3H3,(H,24,26). The molecule has 6 nitrogen and oxygen atoms in total. The molecule has 4 aromatic rings. The topological polar surface area (TPSA) is 73.6 Å². The van der Waals surface area contributed by atoms with Crippen molar-refractivity contribution >= 4 is 22.7 Å². The fraction of sp³-hybridized carbons (Fsp3) is 0.130. The highest BCUT2D eigenvalue weighted by atomic mass is 16.5. The minimum Gasteiger partial charge on any atom is -0.496 e. The van der Waals surface area contributed by atoms with E-state index in [0.29, 0.717) is 28.6 Å². The summed E-state index contributed by atoms with van der Waals surface area (Å²) in [6, 6.07) is 18.4. The number of hydrogen-bond donors (Lipinski definition) is 1. The number of fused-ring (bicyclic) bond motifs is 1. The van der Waals surface area contributed by atoms with Gasteiger partial charge >= 0.3 is 0 Å². The van der Waals surface area contributed by atoms with Crippen LogP contribution in [0.1, 0.15) is 15.9 Å². The molecule has 1 heterocycles. The minimum absolute atomic E-state index is 0.315. The Balaban J connectivity index is 1.57. The molecule has 1 aromatic heterocycles. The summed E-state index contributed by atoms with van der Waals surface area (Å²) in [5, 5.41) is 2.87. The van der Waals surface area contributed by atoms with Crippen molar-refractivity contribution < 1.29 is 18.7 Å². The van der Waals surface area contributed by atoms with Crippen molar-refractivity contribution in [2.45, 2.75) is 6.92 Å². The van der Waals surface area contributed by atoms with Crippen LogP contribution in [0.15, 0.2) is 65.1 Å². The number of carbonyl (C=O) groups excluding carboxylic acids is 1. The molecule has 0 radical (unpaired) electrons. The lowest BCUT2D eigenvalue weighted by Gasteiger charge is -2.13. The third kappa shape index (κ3) is 3.65. The Morgan fingerprint density at radius 1 is 0.966 bits per heavy atom. The number of nitrogens with zero attached hydrogens (tertiary/aromatic N) is 1. The lowest BCUT2D eigenvalue weighted by Crippen LogP contribution is -2.14. The Hall–Kier alpha value is -3.80. The molecule has 0 bridgehead atoms. The first-order valence-electron chi connectivity index (χ1n) is 9.09. The zero-order valence-corrected chi connectivity index (χ0v) is 16.4.